The number of rotatable bonds is 4. The van der Waals surface area contributed by atoms with Crippen LogP contribution < -0.4 is 4.74 Å². The van der Waals surface area contributed by atoms with Crippen LogP contribution in [0.2, 0.25) is 0 Å². The smallest absolute Gasteiger partial charge is 0.290 e. The summed E-state index contributed by atoms with van der Waals surface area (Å²) in [5.41, 5.74) is 0. The Morgan fingerprint density at radius 1 is 1.04 bits per heavy atom. The molecule has 0 spiro atoms. The monoisotopic (exact) mass is 370 g/mol. The van der Waals surface area contributed by atoms with Crippen LogP contribution in [-0.2, 0) is 9.53 Å². The maximum absolute atomic E-state index is 13.1. The first-order valence-electron chi connectivity index (χ1n) is 9.15. The Morgan fingerprint density at radius 2 is 1.81 bits per heavy atom. The number of amides is 2. The summed E-state index contributed by atoms with van der Waals surface area (Å²) in [4.78, 5) is 29.3. The van der Waals surface area contributed by atoms with Crippen molar-refractivity contribution in [3.8, 4) is 5.75 Å². The average molecular weight is 370 g/mol. The molecule has 1 aromatic heterocycles. The summed E-state index contributed by atoms with van der Waals surface area (Å²) < 4.78 is 16.6. The lowest BCUT2D eigenvalue weighted by Crippen LogP contribution is -2.51. The van der Waals surface area contributed by atoms with E-state index in [1.807, 2.05) is 30.3 Å². The molecule has 142 valence electrons. The Labute approximate surface area is 157 Å². The summed E-state index contributed by atoms with van der Waals surface area (Å²) in [7, 11) is 0. The topological polar surface area (TPSA) is 72.2 Å². The second-order valence-corrected chi connectivity index (χ2v) is 6.68. The molecule has 2 amide bonds. The van der Waals surface area contributed by atoms with Gasteiger partial charge >= 0.3 is 0 Å². The summed E-state index contributed by atoms with van der Waals surface area (Å²) in [5.74, 6) is 0.616. The first-order chi connectivity index (χ1) is 13.2. The zero-order chi connectivity index (χ0) is 18.6. The molecule has 2 aliphatic rings. The lowest BCUT2D eigenvalue weighted by molar-refractivity contribution is -0.139. The Bertz CT molecular complexity index is 771. The molecular formula is C20H22N2O5. The highest BCUT2D eigenvalue weighted by molar-refractivity contribution is 5.96. The molecule has 2 aliphatic heterocycles. The Kier molecular flexibility index (Phi) is 5.11. The van der Waals surface area contributed by atoms with Gasteiger partial charge in [0.1, 0.15) is 17.9 Å². The number of carbonyl (C=O) groups is 2. The van der Waals surface area contributed by atoms with Crippen molar-refractivity contribution in [3.63, 3.8) is 0 Å². The molecule has 0 aliphatic carbocycles. The number of morpholine rings is 1. The fraction of sp³-hybridized carbons (Fsp3) is 0.400. The number of likely N-dealkylation sites (tertiary alicyclic amines) is 1. The van der Waals surface area contributed by atoms with Crippen LogP contribution in [0.15, 0.2) is 53.1 Å². The molecule has 7 heteroatoms. The lowest BCUT2D eigenvalue weighted by atomic mass is 10.1. The van der Waals surface area contributed by atoms with Gasteiger partial charge in [0.25, 0.3) is 5.91 Å². The summed E-state index contributed by atoms with van der Waals surface area (Å²) in [6.07, 6.45) is 1.67. The average Bonchev–Trinajstić information content (AvgIpc) is 3.39. The third-order valence-corrected chi connectivity index (χ3v) is 4.91. The number of ether oxygens (including phenoxy) is 2. The van der Waals surface area contributed by atoms with Crippen molar-refractivity contribution in [1.29, 1.82) is 0 Å². The number of carbonyl (C=O) groups excluding carboxylic acids is 2. The van der Waals surface area contributed by atoms with Crippen LogP contribution in [-0.4, -0.2) is 66.6 Å². The minimum Gasteiger partial charge on any atom is -0.488 e. The van der Waals surface area contributed by atoms with Crippen LogP contribution in [0.25, 0.3) is 0 Å². The van der Waals surface area contributed by atoms with Crippen LogP contribution in [0.1, 0.15) is 17.0 Å². The first-order valence-corrected chi connectivity index (χ1v) is 9.15. The summed E-state index contributed by atoms with van der Waals surface area (Å²) in [6.45, 7) is 2.48. The largest absolute Gasteiger partial charge is 0.488 e. The van der Waals surface area contributed by atoms with Crippen molar-refractivity contribution in [3.05, 3.63) is 54.5 Å². The van der Waals surface area contributed by atoms with Crippen molar-refractivity contribution in [2.45, 2.75) is 18.6 Å². The predicted molar refractivity (Wildman–Crippen MR) is 96.4 cm³/mol. The van der Waals surface area contributed by atoms with Gasteiger partial charge in [0.2, 0.25) is 5.91 Å². The summed E-state index contributed by atoms with van der Waals surface area (Å²) >= 11 is 0. The van der Waals surface area contributed by atoms with Crippen molar-refractivity contribution in [2.24, 2.45) is 0 Å². The lowest BCUT2D eigenvalue weighted by Gasteiger charge is -2.32. The normalized spacial score (nSPS) is 22.7. The number of hydrogen-bond acceptors (Lipinski definition) is 5. The SMILES string of the molecule is O=C([C@H]1C[C@H](Oc2ccccc2)CN1C(=O)c1ccco1)N1CCOCC1. The Hall–Kier alpha value is -2.80. The number of hydrogen-bond donors (Lipinski definition) is 0. The molecule has 2 fully saturated rings. The van der Waals surface area contributed by atoms with Gasteiger partial charge in [-0.05, 0) is 24.3 Å². The highest BCUT2D eigenvalue weighted by Crippen LogP contribution is 2.26. The Balaban J connectivity index is 1.53. The van der Waals surface area contributed by atoms with Crippen molar-refractivity contribution in [1.82, 2.24) is 9.80 Å². The molecule has 0 radical (unpaired) electrons. The van der Waals surface area contributed by atoms with E-state index < -0.39 is 6.04 Å². The van der Waals surface area contributed by atoms with Crippen LogP contribution in [0.5, 0.6) is 5.75 Å². The molecule has 0 saturated carbocycles. The minimum absolute atomic E-state index is 0.0580. The highest BCUT2D eigenvalue weighted by atomic mass is 16.5. The fourth-order valence-corrected chi connectivity index (χ4v) is 3.57. The number of benzene rings is 1. The quantitative estimate of drug-likeness (QED) is 0.821. The Morgan fingerprint density at radius 3 is 2.52 bits per heavy atom. The van der Waals surface area contributed by atoms with Crippen molar-refractivity contribution in [2.75, 3.05) is 32.8 Å². The van der Waals surface area contributed by atoms with E-state index in [2.05, 4.69) is 0 Å². The molecule has 0 N–H and O–H groups in total. The number of furan rings is 1. The molecular weight excluding hydrogens is 348 g/mol. The second kappa shape index (κ2) is 7.84. The zero-order valence-corrected chi connectivity index (χ0v) is 15.0. The minimum atomic E-state index is -0.561. The van der Waals surface area contributed by atoms with Gasteiger partial charge in [-0.2, -0.15) is 0 Å². The van der Waals surface area contributed by atoms with Gasteiger partial charge in [0, 0.05) is 19.5 Å². The van der Waals surface area contributed by atoms with Gasteiger partial charge < -0.3 is 23.7 Å². The van der Waals surface area contributed by atoms with Gasteiger partial charge in [-0.1, -0.05) is 18.2 Å². The number of nitrogens with zero attached hydrogens (tertiary/aromatic N) is 2. The van der Waals surface area contributed by atoms with E-state index in [1.54, 1.807) is 21.9 Å². The van der Waals surface area contributed by atoms with E-state index in [-0.39, 0.29) is 23.7 Å². The van der Waals surface area contributed by atoms with Gasteiger partial charge in [-0.3, -0.25) is 9.59 Å². The zero-order valence-electron chi connectivity index (χ0n) is 15.0. The molecule has 1 aromatic carbocycles. The van der Waals surface area contributed by atoms with E-state index in [9.17, 15) is 9.59 Å². The van der Waals surface area contributed by atoms with E-state index >= 15 is 0 Å². The van der Waals surface area contributed by atoms with E-state index in [4.69, 9.17) is 13.9 Å². The predicted octanol–water partition coefficient (Wildman–Crippen LogP) is 1.80. The van der Waals surface area contributed by atoms with Crippen molar-refractivity contribution >= 4 is 11.8 Å². The third-order valence-electron chi connectivity index (χ3n) is 4.91. The van der Waals surface area contributed by atoms with E-state index in [1.165, 1.54) is 6.26 Å². The number of para-hydroxylation sites is 1. The molecule has 2 aromatic rings. The second-order valence-electron chi connectivity index (χ2n) is 6.68. The first kappa shape index (κ1) is 17.6. The standard InChI is InChI=1S/C20H22N2O5/c23-19(21-8-11-25-12-9-21)17-13-16(27-15-5-2-1-3-6-15)14-22(17)20(24)18-7-4-10-26-18/h1-7,10,16-17H,8-9,11-14H2/t16-,17+/m0/s1. The van der Waals surface area contributed by atoms with Gasteiger partial charge in [0.05, 0.1) is 26.0 Å². The summed E-state index contributed by atoms with van der Waals surface area (Å²) in [5, 5.41) is 0. The molecule has 0 bridgehead atoms. The van der Waals surface area contributed by atoms with Gasteiger partial charge in [-0.15, -0.1) is 0 Å². The van der Waals surface area contributed by atoms with Gasteiger partial charge in [-0.25, -0.2) is 0 Å². The molecule has 0 unspecified atom stereocenters. The molecule has 2 atom stereocenters. The fourth-order valence-electron chi connectivity index (χ4n) is 3.57. The third kappa shape index (κ3) is 3.83. The van der Waals surface area contributed by atoms with Gasteiger partial charge in [0.15, 0.2) is 5.76 Å². The van der Waals surface area contributed by atoms with Crippen LogP contribution >= 0.6 is 0 Å². The maximum Gasteiger partial charge on any atom is 0.290 e. The maximum atomic E-state index is 13.1. The van der Waals surface area contributed by atoms with E-state index in [0.717, 1.165) is 5.75 Å². The van der Waals surface area contributed by atoms with Crippen LogP contribution in [0.3, 0.4) is 0 Å². The molecule has 27 heavy (non-hydrogen) atoms. The van der Waals surface area contributed by atoms with E-state index in [0.29, 0.717) is 39.3 Å². The van der Waals surface area contributed by atoms with Crippen LogP contribution in [0.4, 0.5) is 0 Å². The summed E-state index contributed by atoms with van der Waals surface area (Å²) in [6, 6.07) is 12.2. The van der Waals surface area contributed by atoms with Crippen LogP contribution in [0, 0.1) is 0 Å². The molecule has 2 saturated heterocycles. The highest BCUT2D eigenvalue weighted by Gasteiger charge is 2.43. The molecule has 7 nitrogen and oxygen atoms in total. The van der Waals surface area contributed by atoms with Crippen molar-refractivity contribution < 1.29 is 23.5 Å². The molecule has 4 rings (SSSR count). The molecule has 3 heterocycles.